The largest absolute Gasteiger partial charge is 0.619 e. The van der Waals surface area contributed by atoms with Crippen LogP contribution in [0.1, 0.15) is 46.0 Å². The number of halogens is 4. The lowest BCUT2D eigenvalue weighted by Gasteiger charge is -2.22. The molecule has 1 fully saturated rings. The van der Waals surface area contributed by atoms with E-state index in [1.807, 2.05) is 30.3 Å². The maximum absolute atomic E-state index is 13.6. The number of pyridine rings is 1. The van der Waals surface area contributed by atoms with Gasteiger partial charge >= 0.3 is 22.7 Å². The average molecular weight is 725 g/mol. The SMILES string of the molecule is CS(=O)(=O)Oc1cc(C(=O)O[C@@H](Cc2c(Cl)c[n+]([O-])cc2Cl)c2ccc(OC(F)F)c(OCC3CC3)c2)ccc1OCc1ccccc1. The number of carbonyl (C=O) groups is 1. The van der Waals surface area contributed by atoms with Crippen molar-refractivity contribution in [1.29, 1.82) is 0 Å². The summed E-state index contributed by atoms with van der Waals surface area (Å²) < 4.78 is 78.2. The third kappa shape index (κ3) is 9.85. The molecule has 1 atom stereocenters. The summed E-state index contributed by atoms with van der Waals surface area (Å²) in [5.41, 5.74) is 1.27. The Morgan fingerprint density at radius 1 is 0.938 bits per heavy atom. The highest BCUT2D eigenvalue weighted by molar-refractivity contribution is 7.86. The van der Waals surface area contributed by atoms with Gasteiger partial charge in [-0.3, -0.25) is 0 Å². The molecule has 48 heavy (non-hydrogen) atoms. The van der Waals surface area contributed by atoms with Gasteiger partial charge in [-0.1, -0.05) is 59.6 Å². The van der Waals surface area contributed by atoms with E-state index in [1.165, 1.54) is 30.3 Å². The second kappa shape index (κ2) is 15.3. The molecule has 1 aliphatic rings. The fourth-order valence-corrected chi connectivity index (χ4v) is 5.63. The number of aromatic nitrogens is 1. The van der Waals surface area contributed by atoms with Gasteiger partial charge in [0.2, 0.25) is 0 Å². The van der Waals surface area contributed by atoms with Crippen LogP contribution >= 0.6 is 23.2 Å². The maximum atomic E-state index is 13.6. The van der Waals surface area contributed by atoms with Gasteiger partial charge in [-0.05, 0) is 54.2 Å². The Morgan fingerprint density at radius 2 is 1.62 bits per heavy atom. The molecule has 3 aromatic carbocycles. The van der Waals surface area contributed by atoms with Crippen molar-refractivity contribution in [1.82, 2.24) is 0 Å². The molecule has 0 unspecified atom stereocenters. The molecule has 0 amide bonds. The molecule has 254 valence electrons. The zero-order valence-corrected chi connectivity index (χ0v) is 27.6. The molecule has 0 radical (unpaired) electrons. The van der Waals surface area contributed by atoms with Gasteiger partial charge in [-0.15, -0.1) is 0 Å². The van der Waals surface area contributed by atoms with Gasteiger partial charge in [0.25, 0.3) is 0 Å². The fraction of sp³-hybridized carbons (Fsp3) is 0.273. The van der Waals surface area contributed by atoms with Crippen LogP contribution in [0.25, 0.3) is 0 Å². The summed E-state index contributed by atoms with van der Waals surface area (Å²) in [6.07, 6.45) is 3.58. The summed E-state index contributed by atoms with van der Waals surface area (Å²) in [4.78, 5) is 13.6. The third-order valence-corrected chi connectivity index (χ3v) is 8.22. The van der Waals surface area contributed by atoms with Crippen LogP contribution in [0, 0.1) is 11.1 Å². The van der Waals surface area contributed by atoms with Crippen molar-refractivity contribution in [2.75, 3.05) is 12.9 Å². The van der Waals surface area contributed by atoms with Gasteiger partial charge in [0.1, 0.15) is 22.8 Å². The Kier molecular flexibility index (Phi) is 11.1. The van der Waals surface area contributed by atoms with Crippen LogP contribution in [0.15, 0.2) is 79.1 Å². The number of alkyl halides is 2. The van der Waals surface area contributed by atoms with Gasteiger partial charge in [0.15, 0.2) is 35.4 Å². The van der Waals surface area contributed by atoms with Gasteiger partial charge in [-0.2, -0.15) is 21.9 Å². The number of hydrogen-bond donors (Lipinski definition) is 0. The molecule has 4 aromatic rings. The molecule has 10 nitrogen and oxygen atoms in total. The van der Waals surface area contributed by atoms with E-state index >= 15 is 0 Å². The quantitative estimate of drug-likeness (QED) is 0.0548. The van der Waals surface area contributed by atoms with E-state index in [0.717, 1.165) is 43.1 Å². The van der Waals surface area contributed by atoms with Gasteiger partial charge in [0, 0.05) is 18.1 Å². The first-order chi connectivity index (χ1) is 22.8. The molecule has 0 aliphatic heterocycles. The number of rotatable bonds is 15. The molecule has 0 N–H and O–H groups in total. The van der Waals surface area contributed by atoms with Crippen LogP contribution in [-0.4, -0.2) is 33.9 Å². The van der Waals surface area contributed by atoms with E-state index in [4.69, 9.17) is 41.6 Å². The van der Waals surface area contributed by atoms with E-state index in [0.29, 0.717) is 10.3 Å². The first kappa shape index (κ1) is 35.0. The standard InChI is InChI=1S/C33H29Cl2F2NO9S/c1-48(41,42)47-31-14-23(10-11-27(31)43-18-20-5-3-2-4-6-20)32(39)45-29(15-24-25(34)16-38(40)17-26(24)35)22-9-12-28(46-33(36)37)30(13-22)44-19-21-7-8-21/h2-6,9-14,16-17,21,29,33H,7-8,15,18-19H2,1H3/t29-/m0/s1. The Bertz CT molecular complexity index is 1850. The predicted molar refractivity (Wildman–Crippen MR) is 171 cm³/mol. The van der Waals surface area contributed by atoms with Gasteiger partial charge < -0.3 is 28.3 Å². The zero-order chi connectivity index (χ0) is 34.4. The Balaban J connectivity index is 1.47. The molecule has 1 aliphatic carbocycles. The van der Waals surface area contributed by atoms with E-state index in [2.05, 4.69) is 4.74 Å². The summed E-state index contributed by atoms with van der Waals surface area (Å²) in [6.45, 7) is -2.75. The maximum Gasteiger partial charge on any atom is 0.387 e. The van der Waals surface area contributed by atoms with E-state index < -0.39 is 28.8 Å². The highest BCUT2D eigenvalue weighted by Gasteiger charge is 2.27. The van der Waals surface area contributed by atoms with Crippen LogP contribution in [0.5, 0.6) is 23.0 Å². The number of benzene rings is 3. The van der Waals surface area contributed by atoms with Crippen molar-refractivity contribution in [2.45, 2.75) is 38.6 Å². The van der Waals surface area contributed by atoms with Crippen molar-refractivity contribution >= 4 is 39.3 Å². The monoisotopic (exact) mass is 723 g/mol. The van der Waals surface area contributed by atoms with Crippen LogP contribution < -0.4 is 23.1 Å². The highest BCUT2D eigenvalue weighted by atomic mass is 35.5. The number of nitrogens with zero attached hydrogens (tertiary/aromatic N) is 1. The second-order valence-electron chi connectivity index (χ2n) is 11.0. The number of esters is 1. The second-order valence-corrected chi connectivity index (χ2v) is 13.3. The molecule has 15 heteroatoms. The minimum absolute atomic E-state index is 0.00663. The lowest BCUT2D eigenvalue weighted by atomic mass is 10.0. The van der Waals surface area contributed by atoms with E-state index in [1.54, 1.807) is 0 Å². The molecule has 1 saturated carbocycles. The number of ether oxygens (including phenoxy) is 4. The van der Waals surface area contributed by atoms with Crippen molar-refractivity contribution in [3.05, 3.63) is 117 Å². The predicted octanol–water partition coefficient (Wildman–Crippen LogP) is 7.08. The summed E-state index contributed by atoms with van der Waals surface area (Å²) in [5.74, 6) is -1.03. The molecule has 1 aromatic heterocycles. The van der Waals surface area contributed by atoms with Crippen LogP contribution in [0.2, 0.25) is 10.0 Å². The van der Waals surface area contributed by atoms with Crippen LogP contribution in [-0.2, 0) is 27.9 Å². The van der Waals surface area contributed by atoms with Crippen molar-refractivity contribution < 1.29 is 49.9 Å². The molecular weight excluding hydrogens is 695 g/mol. The molecule has 0 bridgehead atoms. The summed E-state index contributed by atoms with van der Waals surface area (Å²) in [6, 6.07) is 17.1. The van der Waals surface area contributed by atoms with E-state index in [9.17, 15) is 27.2 Å². The minimum Gasteiger partial charge on any atom is -0.619 e. The molecular formula is C33H29Cl2F2NO9S. The zero-order valence-electron chi connectivity index (χ0n) is 25.3. The Morgan fingerprint density at radius 3 is 2.27 bits per heavy atom. The van der Waals surface area contributed by atoms with Crippen molar-refractivity contribution in [2.24, 2.45) is 5.92 Å². The molecule has 1 heterocycles. The van der Waals surface area contributed by atoms with Crippen LogP contribution in [0.4, 0.5) is 8.78 Å². The van der Waals surface area contributed by atoms with Crippen molar-refractivity contribution in [3.8, 4) is 23.0 Å². The molecule has 0 spiro atoms. The lowest BCUT2D eigenvalue weighted by Crippen LogP contribution is -2.25. The third-order valence-electron chi connectivity index (χ3n) is 7.08. The smallest absolute Gasteiger partial charge is 0.387 e. The van der Waals surface area contributed by atoms with Gasteiger partial charge in [0.05, 0.1) is 18.4 Å². The number of hydrogen-bond acceptors (Lipinski definition) is 9. The fourth-order valence-electron chi connectivity index (χ4n) is 4.58. The highest BCUT2D eigenvalue weighted by Crippen LogP contribution is 2.38. The summed E-state index contributed by atoms with van der Waals surface area (Å²) in [7, 11) is -4.04. The minimum atomic E-state index is -4.04. The Labute approximate surface area is 285 Å². The summed E-state index contributed by atoms with van der Waals surface area (Å²) in [5, 5.41) is 11.9. The normalized spacial score (nSPS) is 13.5. The number of carbonyl (C=O) groups excluding carboxylic acids is 1. The topological polar surface area (TPSA) is 124 Å². The first-order valence-corrected chi connectivity index (χ1v) is 17.1. The lowest BCUT2D eigenvalue weighted by molar-refractivity contribution is -0.605. The van der Waals surface area contributed by atoms with Crippen LogP contribution in [0.3, 0.4) is 0 Å². The molecule has 0 saturated heterocycles. The Hall–Kier alpha value is -4.33. The summed E-state index contributed by atoms with van der Waals surface area (Å²) >= 11 is 12.7. The average Bonchev–Trinajstić information content (AvgIpc) is 3.85. The van der Waals surface area contributed by atoms with Gasteiger partial charge in [-0.25, -0.2) is 4.79 Å². The molecule has 5 rings (SSSR count). The van der Waals surface area contributed by atoms with E-state index in [-0.39, 0.29) is 69.7 Å². The first-order valence-electron chi connectivity index (χ1n) is 14.5. The van der Waals surface area contributed by atoms with Crippen molar-refractivity contribution in [3.63, 3.8) is 0 Å².